The van der Waals surface area contributed by atoms with Crippen LogP contribution in [0.3, 0.4) is 0 Å². The first-order chi connectivity index (χ1) is 9.52. The van der Waals surface area contributed by atoms with Crippen molar-refractivity contribution in [3.05, 3.63) is 45.9 Å². The topological polar surface area (TPSA) is 33.2 Å². The van der Waals surface area contributed by atoms with Gasteiger partial charge in [-0.3, -0.25) is 4.79 Å². The van der Waals surface area contributed by atoms with Crippen LogP contribution in [0.1, 0.15) is 46.9 Å². The molecule has 2 aromatic rings. The van der Waals surface area contributed by atoms with Crippen molar-refractivity contribution in [2.45, 2.75) is 33.1 Å². The van der Waals surface area contributed by atoms with E-state index in [1.54, 1.807) is 11.1 Å². The lowest BCUT2D eigenvalue weighted by molar-refractivity contribution is 0.0996. The SMILES string of the molecule is CCc1ncc(C(=O)N(C)c2cccc(C(C)C)c2)s1. The molecule has 1 aromatic carbocycles. The quantitative estimate of drug-likeness (QED) is 0.848. The van der Waals surface area contributed by atoms with E-state index in [0.717, 1.165) is 17.1 Å². The number of carbonyl (C=O) groups is 1. The minimum Gasteiger partial charge on any atom is -0.311 e. The summed E-state index contributed by atoms with van der Waals surface area (Å²) in [6.45, 7) is 6.35. The van der Waals surface area contributed by atoms with E-state index in [1.165, 1.54) is 16.9 Å². The Labute approximate surface area is 124 Å². The number of nitrogens with zero attached hydrogens (tertiary/aromatic N) is 2. The number of benzene rings is 1. The molecule has 1 amide bonds. The maximum Gasteiger partial charge on any atom is 0.269 e. The Hall–Kier alpha value is -1.68. The van der Waals surface area contributed by atoms with Crippen LogP contribution in [-0.2, 0) is 6.42 Å². The van der Waals surface area contributed by atoms with E-state index in [4.69, 9.17) is 0 Å². The van der Waals surface area contributed by atoms with Gasteiger partial charge in [-0.25, -0.2) is 4.98 Å². The number of thiazole rings is 1. The molecule has 1 heterocycles. The van der Waals surface area contributed by atoms with E-state index in [-0.39, 0.29) is 5.91 Å². The van der Waals surface area contributed by atoms with Crippen LogP contribution in [0.5, 0.6) is 0 Å². The van der Waals surface area contributed by atoms with Crippen molar-refractivity contribution in [1.82, 2.24) is 4.98 Å². The molecule has 0 N–H and O–H groups in total. The number of anilines is 1. The normalized spacial score (nSPS) is 10.8. The molecule has 0 aliphatic carbocycles. The van der Waals surface area contributed by atoms with Gasteiger partial charge in [0, 0.05) is 12.7 Å². The van der Waals surface area contributed by atoms with Crippen LogP contribution >= 0.6 is 11.3 Å². The molecule has 0 bridgehead atoms. The molecule has 0 spiro atoms. The predicted octanol–water partition coefficient (Wildman–Crippen LogP) is 4.11. The molecule has 0 fully saturated rings. The van der Waals surface area contributed by atoms with Gasteiger partial charge in [-0.05, 0) is 30.0 Å². The van der Waals surface area contributed by atoms with Crippen molar-refractivity contribution >= 4 is 22.9 Å². The Morgan fingerprint density at radius 1 is 1.40 bits per heavy atom. The Balaban J connectivity index is 2.24. The van der Waals surface area contributed by atoms with E-state index in [0.29, 0.717) is 10.8 Å². The fraction of sp³-hybridized carbons (Fsp3) is 0.375. The molecular weight excluding hydrogens is 268 g/mol. The van der Waals surface area contributed by atoms with Gasteiger partial charge in [0.05, 0.1) is 11.2 Å². The molecule has 106 valence electrons. The largest absolute Gasteiger partial charge is 0.311 e. The summed E-state index contributed by atoms with van der Waals surface area (Å²) in [6.07, 6.45) is 2.54. The second-order valence-corrected chi connectivity index (χ2v) is 6.20. The minimum atomic E-state index is 0.00288. The summed E-state index contributed by atoms with van der Waals surface area (Å²) >= 11 is 1.47. The molecule has 4 heteroatoms. The summed E-state index contributed by atoms with van der Waals surface area (Å²) < 4.78 is 0. The highest BCUT2D eigenvalue weighted by molar-refractivity contribution is 7.13. The molecule has 20 heavy (non-hydrogen) atoms. The highest BCUT2D eigenvalue weighted by Gasteiger charge is 2.16. The van der Waals surface area contributed by atoms with Crippen molar-refractivity contribution < 1.29 is 4.79 Å². The van der Waals surface area contributed by atoms with Gasteiger partial charge in [-0.15, -0.1) is 11.3 Å². The Kier molecular flexibility index (Phi) is 4.55. The van der Waals surface area contributed by atoms with Gasteiger partial charge < -0.3 is 4.90 Å². The average molecular weight is 288 g/mol. The Morgan fingerprint density at radius 2 is 2.15 bits per heavy atom. The lowest BCUT2D eigenvalue weighted by Gasteiger charge is -2.18. The summed E-state index contributed by atoms with van der Waals surface area (Å²) in [4.78, 5) is 19.1. The van der Waals surface area contributed by atoms with Gasteiger partial charge in [0.25, 0.3) is 5.91 Å². The minimum absolute atomic E-state index is 0.00288. The first-order valence-electron chi connectivity index (χ1n) is 6.85. The molecule has 1 aromatic heterocycles. The number of hydrogen-bond donors (Lipinski definition) is 0. The molecule has 0 saturated heterocycles. The van der Waals surface area contributed by atoms with E-state index < -0.39 is 0 Å². The Bertz CT molecular complexity index is 604. The van der Waals surface area contributed by atoms with Gasteiger partial charge in [0.2, 0.25) is 0 Å². The maximum absolute atomic E-state index is 12.5. The highest BCUT2D eigenvalue weighted by atomic mass is 32.1. The summed E-state index contributed by atoms with van der Waals surface area (Å²) in [5.41, 5.74) is 2.16. The zero-order valence-corrected chi connectivity index (χ0v) is 13.2. The second-order valence-electron chi connectivity index (χ2n) is 5.09. The molecule has 0 saturated carbocycles. The summed E-state index contributed by atoms with van der Waals surface area (Å²) in [5.74, 6) is 0.455. The van der Waals surface area contributed by atoms with Crippen molar-refractivity contribution in [3.63, 3.8) is 0 Å². The first kappa shape index (κ1) is 14.7. The molecule has 0 aliphatic rings. The lowest BCUT2D eigenvalue weighted by atomic mass is 10.0. The molecular formula is C16H20N2OS. The zero-order valence-electron chi connectivity index (χ0n) is 12.4. The second kappa shape index (κ2) is 6.18. The van der Waals surface area contributed by atoms with Gasteiger partial charge in [-0.2, -0.15) is 0 Å². The molecule has 3 nitrogen and oxygen atoms in total. The third kappa shape index (κ3) is 3.07. The predicted molar refractivity (Wildman–Crippen MR) is 84.8 cm³/mol. The van der Waals surface area contributed by atoms with E-state index >= 15 is 0 Å². The van der Waals surface area contributed by atoms with Crippen LogP contribution in [0.2, 0.25) is 0 Å². The van der Waals surface area contributed by atoms with Crippen molar-refractivity contribution in [3.8, 4) is 0 Å². The van der Waals surface area contributed by atoms with Gasteiger partial charge in [0.1, 0.15) is 4.88 Å². The zero-order chi connectivity index (χ0) is 14.7. The fourth-order valence-electron chi connectivity index (χ4n) is 1.95. The summed E-state index contributed by atoms with van der Waals surface area (Å²) in [7, 11) is 1.81. The van der Waals surface area contributed by atoms with Crippen molar-refractivity contribution in [2.75, 3.05) is 11.9 Å². The maximum atomic E-state index is 12.5. The monoisotopic (exact) mass is 288 g/mol. The Morgan fingerprint density at radius 3 is 2.75 bits per heavy atom. The summed E-state index contributed by atoms with van der Waals surface area (Å²) in [5, 5.41) is 0.998. The van der Waals surface area contributed by atoms with Crippen molar-refractivity contribution in [1.29, 1.82) is 0 Å². The van der Waals surface area contributed by atoms with Crippen LogP contribution in [0.4, 0.5) is 5.69 Å². The lowest BCUT2D eigenvalue weighted by Crippen LogP contribution is -2.25. The van der Waals surface area contributed by atoms with E-state index in [9.17, 15) is 4.79 Å². The third-order valence-electron chi connectivity index (χ3n) is 3.30. The van der Waals surface area contributed by atoms with Gasteiger partial charge in [-0.1, -0.05) is 32.9 Å². The van der Waals surface area contributed by atoms with Crippen LogP contribution < -0.4 is 4.90 Å². The van der Waals surface area contributed by atoms with E-state index in [1.807, 2.05) is 26.1 Å². The number of rotatable bonds is 4. The molecule has 0 atom stereocenters. The van der Waals surface area contributed by atoms with E-state index in [2.05, 4.69) is 31.0 Å². The number of hydrogen-bond acceptors (Lipinski definition) is 3. The number of amides is 1. The average Bonchev–Trinajstić information content (AvgIpc) is 2.94. The standard InChI is InChI=1S/C16H20N2OS/c1-5-15-17-10-14(20-15)16(19)18(4)13-8-6-7-12(9-13)11(2)3/h6-11H,5H2,1-4H3. The van der Waals surface area contributed by atoms with Gasteiger partial charge >= 0.3 is 0 Å². The van der Waals surface area contributed by atoms with Crippen LogP contribution in [-0.4, -0.2) is 17.9 Å². The smallest absolute Gasteiger partial charge is 0.269 e. The number of carbonyl (C=O) groups excluding carboxylic acids is 1. The van der Waals surface area contributed by atoms with Crippen LogP contribution in [0, 0.1) is 0 Å². The highest BCUT2D eigenvalue weighted by Crippen LogP contribution is 2.23. The van der Waals surface area contributed by atoms with Gasteiger partial charge in [0.15, 0.2) is 0 Å². The fourth-order valence-corrected chi connectivity index (χ4v) is 2.78. The summed E-state index contributed by atoms with van der Waals surface area (Å²) in [6, 6.07) is 8.13. The number of aryl methyl sites for hydroxylation is 1. The van der Waals surface area contributed by atoms with Crippen LogP contribution in [0.25, 0.3) is 0 Å². The number of aromatic nitrogens is 1. The molecule has 2 rings (SSSR count). The molecule has 0 unspecified atom stereocenters. The van der Waals surface area contributed by atoms with Crippen LogP contribution in [0.15, 0.2) is 30.5 Å². The third-order valence-corrected chi connectivity index (χ3v) is 4.43. The molecule has 0 radical (unpaired) electrons. The molecule has 0 aliphatic heterocycles. The van der Waals surface area contributed by atoms with Crippen molar-refractivity contribution in [2.24, 2.45) is 0 Å². The first-order valence-corrected chi connectivity index (χ1v) is 7.67.